The predicted molar refractivity (Wildman–Crippen MR) is 50.8 cm³/mol. The van der Waals surface area contributed by atoms with Gasteiger partial charge in [0.15, 0.2) is 0 Å². The van der Waals surface area contributed by atoms with Gasteiger partial charge in [-0.3, -0.25) is 0 Å². The summed E-state index contributed by atoms with van der Waals surface area (Å²) in [5, 5.41) is 0. The lowest BCUT2D eigenvalue weighted by molar-refractivity contribution is -0.174. The Balaban J connectivity index is 2.84. The summed E-state index contributed by atoms with van der Waals surface area (Å²) in [7, 11) is 0. The first-order chi connectivity index (χ1) is 8.14. The lowest BCUT2D eigenvalue weighted by atomic mass is 9.99. The highest BCUT2D eigenvalue weighted by molar-refractivity contribution is 5.55. The summed E-state index contributed by atoms with van der Waals surface area (Å²) in [6.07, 6.45) is -10.1. The topological polar surface area (TPSA) is 17.1 Å². The largest absolute Gasteiger partial charge is 0.416 e. The molecule has 0 N–H and O–H groups in total. The maximum Gasteiger partial charge on any atom is 0.416 e. The summed E-state index contributed by atoms with van der Waals surface area (Å²) >= 11 is 0. The molecule has 1 atom stereocenters. The minimum absolute atomic E-state index is 0.0254. The average Bonchev–Trinajstić information content (AvgIpc) is 2.23. The number of benzene rings is 1. The van der Waals surface area contributed by atoms with Crippen molar-refractivity contribution in [3.8, 4) is 0 Å². The highest BCUT2D eigenvalue weighted by atomic mass is 19.4. The molecule has 100 valence electrons. The Morgan fingerprint density at radius 2 is 1.50 bits per heavy atom. The number of rotatable bonds is 3. The monoisotopic (exact) mass is 270 g/mol. The zero-order valence-corrected chi connectivity index (χ0v) is 8.85. The molecule has 0 aromatic heterocycles. The van der Waals surface area contributed by atoms with Crippen LogP contribution in [0.25, 0.3) is 0 Å². The van der Waals surface area contributed by atoms with E-state index in [2.05, 4.69) is 0 Å². The van der Waals surface area contributed by atoms with Gasteiger partial charge in [0, 0.05) is 0 Å². The lowest BCUT2D eigenvalue weighted by Crippen LogP contribution is -2.26. The van der Waals surface area contributed by atoms with E-state index in [1.807, 2.05) is 0 Å². The molecule has 0 aliphatic rings. The Morgan fingerprint density at radius 3 is 1.83 bits per heavy atom. The summed E-state index contributed by atoms with van der Waals surface area (Å²) in [5.41, 5.74) is -0.918. The van der Waals surface area contributed by atoms with Gasteiger partial charge < -0.3 is 4.79 Å². The normalized spacial score (nSPS) is 14.3. The van der Waals surface area contributed by atoms with Crippen LogP contribution in [0.3, 0.4) is 0 Å². The third-order valence-corrected chi connectivity index (χ3v) is 2.32. The molecule has 1 rings (SSSR count). The molecule has 0 spiro atoms. The van der Waals surface area contributed by atoms with Crippen LogP contribution in [0.15, 0.2) is 24.3 Å². The Morgan fingerprint density at radius 1 is 1.00 bits per heavy atom. The fraction of sp³-hybridized carbons (Fsp3) is 0.364. The summed E-state index contributed by atoms with van der Waals surface area (Å²) in [6, 6.07) is 3.25. The molecule has 1 aromatic rings. The van der Waals surface area contributed by atoms with Crippen molar-refractivity contribution in [3.05, 3.63) is 35.4 Å². The van der Waals surface area contributed by atoms with E-state index in [0.29, 0.717) is 12.1 Å². The van der Waals surface area contributed by atoms with E-state index in [4.69, 9.17) is 0 Å². The Hall–Kier alpha value is -1.53. The van der Waals surface area contributed by atoms with Gasteiger partial charge in [-0.2, -0.15) is 26.3 Å². The molecule has 0 saturated heterocycles. The standard InChI is InChI=1S/C11H8F6O/c12-10(13,14)8-3-1-7(2-4-8)5-9(6-18)11(15,16)17/h1-4,6,9H,5H2/t9-/m0/s1. The van der Waals surface area contributed by atoms with Gasteiger partial charge in [-0.15, -0.1) is 0 Å². The predicted octanol–water partition coefficient (Wildman–Crippen LogP) is 3.63. The van der Waals surface area contributed by atoms with Gasteiger partial charge in [0.2, 0.25) is 0 Å². The Kier molecular flexibility index (Phi) is 4.03. The third kappa shape index (κ3) is 3.75. The molecule has 0 saturated carbocycles. The second-order valence-electron chi connectivity index (χ2n) is 3.68. The van der Waals surface area contributed by atoms with E-state index >= 15 is 0 Å². The molecule has 1 aromatic carbocycles. The van der Waals surface area contributed by atoms with E-state index < -0.39 is 30.3 Å². The van der Waals surface area contributed by atoms with Gasteiger partial charge >= 0.3 is 12.4 Å². The van der Waals surface area contributed by atoms with Gasteiger partial charge in [0.05, 0.1) is 5.56 Å². The van der Waals surface area contributed by atoms with Crippen LogP contribution in [-0.2, 0) is 17.4 Å². The first-order valence-electron chi connectivity index (χ1n) is 4.82. The Bertz CT molecular complexity index is 403. The molecule has 0 unspecified atom stereocenters. The Labute approximate surface area is 98.4 Å². The minimum atomic E-state index is -4.69. The van der Waals surface area contributed by atoms with Crippen molar-refractivity contribution in [2.75, 3.05) is 0 Å². The smallest absolute Gasteiger partial charge is 0.303 e. The van der Waals surface area contributed by atoms with Crippen LogP contribution < -0.4 is 0 Å². The highest BCUT2D eigenvalue weighted by Gasteiger charge is 2.39. The SMILES string of the molecule is O=C[C@H](Cc1ccc(C(F)(F)F)cc1)C(F)(F)F. The van der Waals surface area contributed by atoms with Crippen LogP contribution in [0.5, 0.6) is 0 Å². The number of hydrogen-bond acceptors (Lipinski definition) is 1. The first-order valence-corrected chi connectivity index (χ1v) is 4.82. The van der Waals surface area contributed by atoms with Crippen molar-refractivity contribution in [1.82, 2.24) is 0 Å². The van der Waals surface area contributed by atoms with Gasteiger partial charge in [-0.05, 0) is 24.1 Å². The molecule has 7 heteroatoms. The third-order valence-electron chi connectivity index (χ3n) is 2.32. The van der Waals surface area contributed by atoms with E-state index in [9.17, 15) is 31.1 Å². The second kappa shape index (κ2) is 4.99. The summed E-state index contributed by atoms with van der Waals surface area (Å²) in [4.78, 5) is 10.3. The molecule has 0 radical (unpaired) electrons. The maximum absolute atomic E-state index is 12.3. The summed E-state index contributed by atoms with van der Waals surface area (Å²) < 4.78 is 73.4. The van der Waals surface area contributed by atoms with Crippen molar-refractivity contribution < 1.29 is 31.1 Å². The van der Waals surface area contributed by atoms with Crippen molar-refractivity contribution >= 4 is 6.29 Å². The van der Waals surface area contributed by atoms with Crippen LogP contribution >= 0.6 is 0 Å². The van der Waals surface area contributed by atoms with E-state index in [0.717, 1.165) is 12.1 Å². The molecule has 0 heterocycles. The average molecular weight is 270 g/mol. The number of halogens is 6. The molecule has 0 aliphatic heterocycles. The molecule has 0 fully saturated rings. The lowest BCUT2D eigenvalue weighted by Gasteiger charge is -2.14. The zero-order valence-electron chi connectivity index (χ0n) is 8.85. The molecule has 18 heavy (non-hydrogen) atoms. The van der Waals surface area contributed by atoms with Crippen LogP contribution in [0.1, 0.15) is 11.1 Å². The van der Waals surface area contributed by atoms with Crippen molar-refractivity contribution in [2.24, 2.45) is 5.92 Å². The van der Waals surface area contributed by atoms with Gasteiger partial charge in [-0.1, -0.05) is 12.1 Å². The first kappa shape index (κ1) is 14.5. The summed E-state index contributed by atoms with van der Waals surface area (Å²) in [6.45, 7) is 0. The number of hydrogen-bond donors (Lipinski definition) is 0. The number of alkyl halides is 6. The van der Waals surface area contributed by atoms with E-state index in [1.54, 1.807) is 0 Å². The number of carbonyl (C=O) groups excluding carboxylic acids is 1. The van der Waals surface area contributed by atoms with E-state index in [-0.39, 0.29) is 11.8 Å². The molecular weight excluding hydrogens is 262 g/mol. The molecule has 0 amide bonds. The van der Waals surface area contributed by atoms with Crippen LogP contribution in [0, 0.1) is 5.92 Å². The van der Waals surface area contributed by atoms with Crippen molar-refractivity contribution in [2.45, 2.75) is 18.8 Å². The van der Waals surface area contributed by atoms with Crippen LogP contribution in [0.4, 0.5) is 26.3 Å². The fourth-order valence-corrected chi connectivity index (χ4v) is 1.32. The van der Waals surface area contributed by atoms with Crippen LogP contribution in [0.2, 0.25) is 0 Å². The minimum Gasteiger partial charge on any atom is -0.303 e. The van der Waals surface area contributed by atoms with Crippen molar-refractivity contribution in [3.63, 3.8) is 0 Å². The fourth-order valence-electron chi connectivity index (χ4n) is 1.32. The maximum atomic E-state index is 12.3. The van der Waals surface area contributed by atoms with Gasteiger partial charge in [0.25, 0.3) is 0 Å². The quantitative estimate of drug-likeness (QED) is 0.605. The van der Waals surface area contributed by atoms with Crippen LogP contribution in [-0.4, -0.2) is 12.5 Å². The number of aldehydes is 1. The number of carbonyl (C=O) groups is 1. The molecule has 0 bridgehead atoms. The molecular formula is C11H8F6O. The highest BCUT2D eigenvalue weighted by Crippen LogP contribution is 2.31. The molecule has 1 nitrogen and oxygen atoms in total. The zero-order chi connectivity index (χ0) is 14.0. The summed E-state index contributed by atoms with van der Waals surface area (Å²) in [5.74, 6) is -2.20. The van der Waals surface area contributed by atoms with Gasteiger partial charge in [-0.25, -0.2) is 0 Å². The van der Waals surface area contributed by atoms with Crippen molar-refractivity contribution in [1.29, 1.82) is 0 Å². The van der Waals surface area contributed by atoms with E-state index in [1.165, 1.54) is 0 Å². The van der Waals surface area contributed by atoms with Gasteiger partial charge in [0.1, 0.15) is 12.2 Å². The molecule has 0 aliphatic carbocycles. The second-order valence-corrected chi connectivity index (χ2v) is 3.68.